The van der Waals surface area contributed by atoms with Gasteiger partial charge in [-0.3, -0.25) is 9.78 Å². The molecule has 4 aromatic rings. The number of benzene rings is 2. The summed E-state index contributed by atoms with van der Waals surface area (Å²) in [4.78, 5) is 19.8. The van der Waals surface area contributed by atoms with Crippen LogP contribution in [0.15, 0.2) is 79.0 Å². The molecule has 1 aliphatic rings. The van der Waals surface area contributed by atoms with Crippen molar-refractivity contribution in [2.45, 2.75) is 39.3 Å². The number of carbonyl (C=O) groups excluding carboxylic acids is 1. The van der Waals surface area contributed by atoms with Crippen LogP contribution in [-0.2, 0) is 4.79 Å². The third kappa shape index (κ3) is 5.52. The molecule has 39 heavy (non-hydrogen) atoms. The number of thiocarbonyl (C=S) groups is 1. The highest BCUT2D eigenvalue weighted by Crippen LogP contribution is 2.40. The van der Waals surface area contributed by atoms with Crippen LogP contribution in [0.5, 0.6) is 5.75 Å². The smallest absolute Gasteiger partial charge is 0.226 e. The number of anilines is 1. The maximum Gasteiger partial charge on any atom is 0.226 e. The van der Waals surface area contributed by atoms with Gasteiger partial charge >= 0.3 is 0 Å². The molecule has 2 aromatic heterocycles. The first-order valence-electron chi connectivity index (χ1n) is 13.0. The molecule has 2 N–H and O–H groups in total. The molecule has 0 aliphatic carbocycles. The number of aromatic nitrogens is 2. The van der Waals surface area contributed by atoms with Crippen molar-refractivity contribution < 1.29 is 9.53 Å². The van der Waals surface area contributed by atoms with E-state index in [4.69, 9.17) is 17.0 Å². The second-order valence-electron chi connectivity index (χ2n) is 9.87. The molecule has 8 heteroatoms. The number of nitrogens with zero attached hydrogens (tertiary/aromatic N) is 3. The van der Waals surface area contributed by atoms with Crippen LogP contribution in [0.3, 0.4) is 0 Å². The summed E-state index contributed by atoms with van der Waals surface area (Å²) in [7, 11) is 1.66. The molecule has 0 bridgehead atoms. The second-order valence-corrected chi connectivity index (χ2v) is 10.3. The van der Waals surface area contributed by atoms with Gasteiger partial charge in [0.1, 0.15) is 5.75 Å². The Morgan fingerprint density at radius 1 is 1.05 bits per heavy atom. The fraction of sp³-hybridized carbons (Fsp3) is 0.258. The van der Waals surface area contributed by atoms with E-state index in [0.717, 1.165) is 45.3 Å². The molecule has 3 heterocycles. The summed E-state index contributed by atoms with van der Waals surface area (Å²) in [5.74, 6) is 0.755. The number of rotatable bonds is 8. The predicted octanol–water partition coefficient (Wildman–Crippen LogP) is 5.81. The van der Waals surface area contributed by atoms with Gasteiger partial charge in [-0.05, 0) is 98.7 Å². The van der Waals surface area contributed by atoms with E-state index in [1.165, 1.54) is 0 Å². The topological polar surface area (TPSA) is 71.4 Å². The molecule has 0 spiro atoms. The van der Waals surface area contributed by atoms with E-state index in [2.05, 4.69) is 44.1 Å². The summed E-state index contributed by atoms with van der Waals surface area (Å²) in [5, 5.41) is 7.18. The van der Waals surface area contributed by atoms with Gasteiger partial charge in [0.15, 0.2) is 5.11 Å². The summed E-state index contributed by atoms with van der Waals surface area (Å²) < 4.78 is 7.61. The lowest BCUT2D eigenvalue weighted by molar-refractivity contribution is -0.116. The Bertz CT molecular complexity index is 1480. The van der Waals surface area contributed by atoms with Crippen LogP contribution in [0.4, 0.5) is 5.69 Å². The number of hydrogen-bond acceptors (Lipinski definition) is 4. The minimum absolute atomic E-state index is 0.0479. The van der Waals surface area contributed by atoms with Crippen LogP contribution in [-0.4, -0.2) is 39.1 Å². The van der Waals surface area contributed by atoms with Crippen molar-refractivity contribution in [1.29, 1.82) is 0 Å². The molecule has 5 rings (SSSR count). The average Bonchev–Trinajstić information content (AvgIpc) is 3.48. The zero-order chi connectivity index (χ0) is 27.5. The minimum Gasteiger partial charge on any atom is -0.497 e. The van der Waals surface area contributed by atoms with Crippen LogP contribution < -0.4 is 15.4 Å². The number of amides is 1. The van der Waals surface area contributed by atoms with E-state index in [-0.39, 0.29) is 18.0 Å². The van der Waals surface area contributed by atoms with Crippen molar-refractivity contribution in [1.82, 2.24) is 19.8 Å². The molecule has 1 fully saturated rings. The van der Waals surface area contributed by atoms with Crippen molar-refractivity contribution >= 4 is 28.9 Å². The monoisotopic (exact) mass is 539 g/mol. The van der Waals surface area contributed by atoms with Gasteiger partial charge in [0.2, 0.25) is 5.91 Å². The standard InChI is InChI=1S/C31H33N5O2S/c1-20-8-9-21(2)26(19-20)33-28(37)16-18-35-30(29(34-31(35)39)25-7-5-6-17-32-25)27-15-10-22(3)36(27)23-11-13-24(38-4)14-12-23/h5-15,17,19,29-30H,16,18H2,1-4H3,(H,33,37)(H,34,39)/t29-,30+/m1/s1. The fourth-order valence-corrected chi connectivity index (χ4v) is 5.48. The first-order chi connectivity index (χ1) is 18.9. The van der Waals surface area contributed by atoms with Crippen LogP contribution in [0.25, 0.3) is 5.69 Å². The molecule has 0 unspecified atom stereocenters. The first-order valence-corrected chi connectivity index (χ1v) is 13.4. The van der Waals surface area contributed by atoms with Gasteiger partial charge in [-0.2, -0.15) is 0 Å². The summed E-state index contributed by atoms with van der Waals surface area (Å²) in [6, 6.07) is 23.9. The van der Waals surface area contributed by atoms with Gasteiger partial charge in [0.05, 0.1) is 24.9 Å². The zero-order valence-corrected chi connectivity index (χ0v) is 23.5. The van der Waals surface area contributed by atoms with E-state index >= 15 is 0 Å². The number of pyridine rings is 1. The number of hydrogen-bond donors (Lipinski definition) is 2. The Kier molecular flexibility index (Phi) is 7.65. The van der Waals surface area contributed by atoms with Crippen molar-refractivity contribution in [3.63, 3.8) is 0 Å². The number of ether oxygens (including phenoxy) is 1. The Hall–Kier alpha value is -4.17. The molecular weight excluding hydrogens is 506 g/mol. The SMILES string of the molecule is COc1ccc(-n2c(C)ccc2[C@H]2[C@@H](c3ccccn3)NC(=S)N2CCC(=O)Nc2cc(C)ccc2C)cc1. The van der Waals surface area contributed by atoms with Crippen LogP contribution in [0, 0.1) is 20.8 Å². The van der Waals surface area contributed by atoms with Crippen LogP contribution in [0.1, 0.15) is 46.7 Å². The maximum atomic E-state index is 13.1. The lowest BCUT2D eigenvalue weighted by Crippen LogP contribution is -2.33. The van der Waals surface area contributed by atoms with Crippen molar-refractivity contribution in [3.8, 4) is 11.4 Å². The molecule has 1 saturated heterocycles. The largest absolute Gasteiger partial charge is 0.497 e. The van der Waals surface area contributed by atoms with E-state index in [9.17, 15) is 4.79 Å². The Morgan fingerprint density at radius 2 is 1.85 bits per heavy atom. The molecule has 1 amide bonds. The van der Waals surface area contributed by atoms with Crippen LogP contribution in [0.2, 0.25) is 0 Å². The third-order valence-electron chi connectivity index (χ3n) is 7.18. The van der Waals surface area contributed by atoms with E-state index in [1.807, 2.05) is 74.5 Å². The minimum atomic E-state index is -0.174. The second kappa shape index (κ2) is 11.3. The highest BCUT2D eigenvalue weighted by molar-refractivity contribution is 7.80. The lowest BCUT2D eigenvalue weighted by Gasteiger charge is -2.29. The Labute approximate surface area is 234 Å². The van der Waals surface area contributed by atoms with Crippen molar-refractivity contribution in [2.24, 2.45) is 0 Å². The van der Waals surface area contributed by atoms with Gasteiger partial charge in [-0.15, -0.1) is 0 Å². The zero-order valence-electron chi connectivity index (χ0n) is 22.6. The van der Waals surface area contributed by atoms with Gasteiger partial charge in [0.25, 0.3) is 0 Å². The maximum absolute atomic E-state index is 13.1. The summed E-state index contributed by atoms with van der Waals surface area (Å²) in [5.41, 5.74) is 7.07. The number of aryl methyl sites for hydroxylation is 3. The third-order valence-corrected chi connectivity index (χ3v) is 7.54. The highest BCUT2D eigenvalue weighted by atomic mass is 32.1. The van der Waals surface area contributed by atoms with Crippen molar-refractivity contribution in [2.75, 3.05) is 19.0 Å². The van der Waals surface area contributed by atoms with Gasteiger partial charge < -0.3 is 24.8 Å². The summed E-state index contributed by atoms with van der Waals surface area (Å²) in [6.07, 6.45) is 2.09. The molecule has 2 atom stereocenters. The molecule has 0 radical (unpaired) electrons. The summed E-state index contributed by atoms with van der Waals surface area (Å²) in [6.45, 7) is 6.57. The highest BCUT2D eigenvalue weighted by Gasteiger charge is 2.41. The molecular formula is C31H33N5O2S. The Morgan fingerprint density at radius 3 is 2.56 bits per heavy atom. The number of methoxy groups -OCH3 is 1. The normalized spacial score (nSPS) is 16.7. The van der Waals surface area contributed by atoms with Crippen molar-refractivity contribution in [3.05, 3.63) is 107 Å². The van der Waals surface area contributed by atoms with Gasteiger partial charge in [-0.1, -0.05) is 18.2 Å². The number of carbonyl (C=O) groups is 1. The quantitative estimate of drug-likeness (QED) is 0.276. The van der Waals surface area contributed by atoms with E-state index < -0.39 is 0 Å². The molecule has 7 nitrogen and oxygen atoms in total. The Balaban J connectivity index is 1.47. The summed E-state index contributed by atoms with van der Waals surface area (Å²) >= 11 is 5.84. The van der Waals surface area contributed by atoms with Gasteiger partial charge in [-0.25, -0.2) is 0 Å². The predicted molar refractivity (Wildman–Crippen MR) is 158 cm³/mol. The van der Waals surface area contributed by atoms with E-state index in [1.54, 1.807) is 13.3 Å². The molecule has 0 saturated carbocycles. The molecule has 2 aromatic carbocycles. The van der Waals surface area contributed by atoms with Crippen LogP contribution >= 0.6 is 12.2 Å². The molecule has 1 aliphatic heterocycles. The van der Waals surface area contributed by atoms with E-state index in [0.29, 0.717) is 18.1 Å². The first kappa shape index (κ1) is 26.4. The average molecular weight is 540 g/mol. The number of nitrogens with one attached hydrogen (secondary N) is 2. The lowest BCUT2D eigenvalue weighted by atomic mass is 10.0. The fourth-order valence-electron chi connectivity index (χ4n) is 5.15. The van der Waals surface area contributed by atoms with Gasteiger partial charge in [0, 0.05) is 41.9 Å². The molecule has 200 valence electrons.